The van der Waals surface area contributed by atoms with Gasteiger partial charge in [-0.3, -0.25) is 0 Å². The molecular formula is C51H49IrN3O-2. The average molecular weight is 925 g/mol. The maximum absolute atomic E-state index is 9.11. The van der Waals surface area contributed by atoms with Crippen LogP contribution in [-0.2, 0) is 38.3 Å². The Morgan fingerprint density at radius 2 is 1.41 bits per heavy atom. The summed E-state index contributed by atoms with van der Waals surface area (Å²) in [5.74, 6) is 0. The summed E-state index contributed by atoms with van der Waals surface area (Å²) in [6.07, 6.45) is -0.0757. The molecule has 4 heterocycles. The summed E-state index contributed by atoms with van der Waals surface area (Å²) in [6.45, 7) is 2.47. The van der Waals surface area contributed by atoms with Crippen molar-refractivity contribution >= 4 is 22.1 Å². The molecule has 8 aromatic rings. The quantitative estimate of drug-likeness (QED) is 0.149. The summed E-state index contributed by atoms with van der Waals surface area (Å²) < 4.78 is 109. The van der Waals surface area contributed by atoms with E-state index in [1.165, 1.54) is 30.5 Å². The van der Waals surface area contributed by atoms with E-state index >= 15 is 0 Å². The van der Waals surface area contributed by atoms with Gasteiger partial charge in [-0.1, -0.05) is 124 Å². The van der Waals surface area contributed by atoms with Crippen LogP contribution < -0.4 is 0 Å². The van der Waals surface area contributed by atoms with Crippen LogP contribution in [0.3, 0.4) is 0 Å². The zero-order valence-electron chi connectivity index (χ0n) is 44.7. The number of aromatic nitrogens is 3. The molecule has 56 heavy (non-hydrogen) atoms. The number of hydrogen-bond donors (Lipinski definition) is 0. The molecule has 0 amide bonds. The Hall–Kier alpha value is -5.22. The average Bonchev–Trinajstić information content (AvgIpc) is 3.67. The van der Waals surface area contributed by atoms with Crippen LogP contribution in [0.4, 0.5) is 0 Å². The van der Waals surface area contributed by atoms with Gasteiger partial charge in [-0.05, 0) is 95.2 Å². The molecule has 0 bridgehead atoms. The van der Waals surface area contributed by atoms with Gasteiger partial charge in [0.15, 0.2) is 0 Å². The molecule has 4 aromatic heterocycles. The van der Waals surface area contributed by atoms with Crippen molar-refractivity contribution in [1.82, 2.24) is 15.0 Å². The smallest absolute Gasteiger partial charge is 0.216 e. The third kappa shape index (κ3) is 9.59. The Labute approximate surface area is 364 Å². The Morgan fingerprint density at radius 1 is 0.661 bits per heavy atom. The van der Waals surface area contributed by atoms with Crippen molar-refractivity contribution in [3.63, 3.8) is 0 Å². The first-order valence-electron chi connectivity index (χ1n) is 24.4. The second kappa shape index (κ2) is 16.9. The maximum atomic E-state index is 9.11. The van der Waals surface area contributed by atoms with Crippen molar-refractivity contribution in [2.24, 2.45) is 5.41 Å². The fraction of sp³-hybridized carbons (Fsp3) is 0.235. The minimum absolute atomic E-state index is 0. The SMILES string of the molecule is [2H]C([2H])([2H])c1c[c-]c(-c2cc(-c3ccc(C([2H])([2H])C(C)(C)C)cc3)ccn2)cc1.[2H]C([2H])([2H])c1ccc(C(C)(C)C([2H])([2H])c2ccnc(-c3[c-]ccc4c3oc3nc(C([2H])([2H])[2H])ccc34)c2)cc1.[Ir]. The number of pyridine rings is 3. The molecule has 1 radical (unpaired) electrons. The number of fused-ring (bicyclic) bond motifs is 3. The van der Waals surface area contributed by atoms with E-state index in [1.807, 2.05) is 57.2 Å². The molecule has 0 aliphatic rings. The molecule has 4 nitrogen and oxygen atoms in total. The molecule has 4 aromatic carbocycles. The van der Waals surface area contributed by atoms with Gasteiger partial charge in [0.1, 0.15) is 0 Å². The summed E-state index contributed by atoms with van der Waals surface area (Å²) in [6, 6.07) is 38.5. The predicted molar refractivity (Wildman–Crippen MR) is 228 cm³/mol. The molecule has 0 atom stereocenters. The summed E-state index contributed by atoms with van der Waals surface area (Å²) >= 11 is 0. The third-order valence-corrected chi connectivity index (χ3v) is 8.96. The first kappa shape index (κ1) is 26.6. The maximum Gasteiger partial charge on any atom is 0.216 e. The molecule has 285 valence electrons. The molecule has 0 N–H and O–H groups in total. The number of aryl methyl sites for hydroxylation is 3. The van der Waals surface area contributed by atoms with E-state index in [0.29, 0.717) is 50.0 Å². The largest absolute Gasteiger partial charge is 0.486 e. The molecule has 0 unspecified atom stereocenters. The number of benzene rings is 4. The molecule has 8 rings (SSSR count). The molecular weight excluding hydrogens is 863 g/mol. The van der Waals surface area contributed by atoms with Gasteiger partial charge in [0.05, 0.1) is 5.58 Å². The van der Waals surface area contributed by atoms with Crippen LogP contribution in [0.15, 0.2) is 132 Å². The van der Waals surface area contributed by atoms with E-state index in [0.717, 1.165) is 16.7 Å². The van der Waals surface area contributed by atoms with Crippen LogP contribution in [0, 0.1) is 38.1 Å². The first-order chi connectivity index (χ1) is 31.5. The molecule has 0 saturated carbocycles. The van der Waals surface area contributed by atoms with E-state index in [9.17, 15) is 0 Å². The molecule has 0 fully saturated rings. The zero-order valence-corrected chi connectivity index (χ0v) is 34.1. The Morgan fingerprint density at radius 3 is 2.12 bits per heavy atom. The normalized spacial score (nSPS) is 16.2. The van der Waals surface area contributed by atoms with Crippen LogP contribution >= 0.6 is 0 Å². The van der Waals surface area contributed by atoms with E-state index < -0.39 is 44.1 Å². The molecule has 0 spiro atoms. The summed E-state index contributed by atoms with van der Waals surface area (Å²) in [7, 11) is 0. The van der Waals surface area contributed by atoms with E-state index in [4.69, 9.17) is 22.2 Å². The van der Waals surface area contributed by atoms with Crippen molar-refractivity contribution < 1.29 is 42.3 Å². The minimum atomic E-state index is -2.37. The molecule has 0 aliphatic heterocycles. The summed E-state index contributed by atoms with van der Waals surface area (Å²) in [4.78, 5) is 13.1. The van der Waals surface area contributed by atoms with Gasteiger partial charge < -0.3 is 14.4 Å². The monoisotopic (exact) mass is 925 g/mol. The van der Waals surface area contributed by atoms with Crippen molar-refractivity contribution in [3.8, 4) is 33.6 Å². The Bertz CT molecular complexity index is 3080. The van der Waals surface area contributed by atoms with Crippen molar-refractivity contribution in [2.75, 3.05) is 0 Å². The van der Waals surface area contributed by atoms with Gasteiger partial charge >= 0.3 is 0 Å². The van der Waals surface area contributed by atoms with Crippen LogP contribution in [0.2, 0.25) is 0 Å². The molecule has 0 aliphatic carbocycles. The van der Waals surface area contributed by atoms with Crippen molar-refractivity contribution in [1.29, 1.82) is 0 Å². The summed E-state index contributed by atoms with van der Waals surface area (Å²) in [5, 5.41) is 1.37. The van der Waals surface area contributed by atoms with E-state index in [-0.39, 0.29) is 42.6 Å². The standard InChI is InChI=1S/C28H25N2O.C23H24N.Ir/c1-18-8-11-21(12-9-18)28(3,4)17-20-14-15-29-25(16-20)24-7-5-6-22-23-13-10-19(2)30-27(23)31-26(22)24;1-17-5-9-20(10-6-17)22-15-21(13-14-24-22)19-11-7-18(8-12-19)16-23(2,3)4;/h5-6,8-16H,17H2,1-4H3;5-9,11-15H,16H2,1-4H3;/q2*-1;/i1D3,2D3,17D2;1D3,16D2;. The van der Waals surface area contributed by atoms with Gasteiger partial charge in [0.25, 0.3) is 0 Å². The van der Waals surface area contributed by atoms with Crippen LogP contribution in [0.5, 0.6) is 0 Å². The van der Waals surface area contributed by atoms with Crippen LogP contribution in [0.1, 0.15) is 85.9 Å². The Kier molecular flexibility index (Phi) is 8.02. The van der Waals surface area contributed by atoms with E-state index in [1.54, 1.807) is 74.6 Å². The first-order valence-corrected chi connectivity index (χ1v) is 17.9. The predicted octanol–water partition coefficient (Wildman–Crippen LogP) is 13.1. The van der Waals surface area contributed by atoms with Crippen molar-refractivity contribution in [2.45, 2.75) is 73.3 Å². The van der Waals surface area contributed by atoms with E-state index in [2.05, 4.69) is 27.1 Å². The number of furan rings is 1. The van der Waals surface area contributed by atoms with Gasteiger partial charge in [0, 0.05) is 61.4 Å². The number of hydrogen-bond acceptors (Lipinski definition) is 4. The fourth-order valence-electron chi connectivity index (χ4n) is 6.30. The zero-order chi connectivity index (χ0) is 49.8. The van der Waals surface area contributed by atoms with Gasteiger partial charge in [-0.25, -0.2) is 4.98 Å². The topological polar surface area (TPSA) is 51.8 Å². The van der Waals surface area contributed by atoms with Gasteiger partial charge in [-0.15, -0.1) is 53.6 Å². The van der Waals surface area contributed by atoms with Crippen LogP contribution in [-0.4, -0.2) is 15.0 Å². The number of nitrogens with zero attached hydrogens (tertiary/aromatic N) is 3. The second-order valence-electron chi connectivity index (χ2n) is 14.9. The molecule has 0 saturated heterocycles. The fourth-order valence-corrected chi connectivity index (χ4v) is 6.30. The van der Waals surface area contributed by atoms with Crippen LogP contribution in [0.25, 0.3) is 55.7 Å². The van der Waals surface area contributed by atoms with Gasteiger partial charge in [-0.2, -0.15) is 0 Å². The van der Waals surface area contributed by atoms with Gasteiger partial charge in [0.2, 0.25) is 5.71 Å². The summed E-state index contributed by atoms with van der Waals surface area (Å²) in [5.41, 5.74) is 5.41. The number of rotatable bonds is 7. The third-order valence-electron chi connectivity index (χ3n) is 8.96. The van der Waals surface area contributed by atoms with Crippen molar-refractivity contribution in [3.05, 3.63) is 173 Å². The minimum Gasteiger partial charge on any atom is -0.486 e. The second-order valence-corrected chi connectivity index (χ2v) is 14.9. The molecule has 5 heteroatoms. The Balaban J connectivity index is 0.000000233.